The first-order valence-corrected chi connectivity index (χ1v) is 3.78. The average Bonchev–Trinajstić information content (AvgIpc) is 2.04. The lowest BCUT2D eigenvalue weighted by atomic mass is 10.3. The van der Waals surface area contributed by atoms with Crippen molar-refractivity contribution in [2.45, 2.75) is 6.92 Å². The van der Waals surface area contributed by atoms with E-state index in [4.69, 9.17) is 5.73 Å². The molecule has 0 aliphatic rings. The molecule has 4 heteroatoms. The summed E-state index contributed by atoms with van der Waals surface area (Å²) >= 11 is 0. The van der Waals surface area contributed by atoms with E-state index in [-0.39, 0.29) is 0 Å². The summed E-state index contributed by atoms with van der Waals surface area (Å²) in [4.78, 5) is 22.8. The Morgan fingerprint density at radius 3 is 2.15 bits per heavy atom. The molecule has 0 heterocycles. The van der Waals surface area contributed by atoms with Crippen LogP contribution in [0.5, 0.6) is 0 Å². The summed E-state index contributed by atoms with van der Waals surface area (Å²) in [5, 5.41) is 0. The van der Waals surface area contributed by atoms with E-state index in [9.17, 15) is 9.59 Å². The van der Waals surface area contributed by atoms with Gasteiger partial charge in [-0.1, -0.05) is 18.2 Å². The topological polar surface area (TPSA) is 63.4 Å². The van der Waals surface area contributed by atoms with Crippen LogP contribution in [0.15, 0.2) is 30.3 Å². The second-order valence-electron chi connectivity index (χ2n) is 2.53. The van der Waals surface area contributed by atoms with E-state index in [2.05, 4.69) is 0 Å². The van der Waals surface area contributed by atoms with Crippen LogP contribution in [0.25, 0.3) is 0 Å². The van der Waals surface area contributed by atoms with Gasteiger partial charge in [-0.05, 0) is 12.1 Å². The van der Waals surface area contributed by atoms with Gasteiger partial charge in [0.25, 0.3) is 0 Å². The third kappa shape index (κ3) is 2.05. The molecule has 0 aliphatic heterocycles. The van der Waals surface area contributed by atoms with Gasteiger partial charge in [-0.15, -0.1) is 0 Å². The van der Waals surface area contributed by atoms with Crippen LogP contribution in [0.1, 0.15) is 6.92 Å². The van der Waals surface area contributed by atoms with Crippen molar-refractivity contribution in [2.75, 3.05) is 4.90 Å². The van der Waals surface area contributed by atoms with Crippen molar-refractivity contribution in [3.05, 3.63) is 30.3 Å². The molecule has 4 nitrogen and oxygen atoms in total. The van der Waals surface area contributed by atoms with Gasteiger partial charge in [0.1, 0.15) is 0 Å². The zero-order chi connectivity index (χ0) is 9.84. The molecule has 0 radical (unpaired) electrons. The molecule has 1 aromatic carbocycles. The van der Waals surface area contributed by atoms with Crippen LogP contribution >= 0.6 is 0 Å². The minimum atomic E-state index is -0.765. The number of rotatable bonds is 1. The minimum Gasteiger partial charge on any atom is -0.351 e. The Hall–Kier alpha value is -1.84. The van der Waals surface area contributed by atoms with Gasteiger partial charge in [-0.25, -0.2) is 9.69 Å². The summed E-state index contributed by atoms with van der Waals surface area (Å²) in [5.74, 6) is -0.390. The van der Waals surface area contributed by atoms with Crippen LogP contribution in [0.3, 0.4) is 0 Å². The molecule has 0 spiro atoms. The maximum absolute atomic E-state index is 11.0. The number of benzene rings is 1. The number of nitrogens with zero attached hydrogens (tertiary/aromatic N) is 1. The monoisotopic (exact) mass is 178 g/mol. The van der Waals surface area contributed by atoms with Crippen molar-refractivity contribution in [2.24, 2.45) is 5.73 Å². The van der Waals surface area contributed by atoms with Crippen molar-refractivity contribution >= 4 is 17.6 Å². The van der Waals surface area contributed by atoms with Crippen LogP contribution in [0.4, 0.5) is 10.5 Å². The number of amides is 3. The Kier molecular flexibility index (Phi) is 2.64. The maximum Gasteiger partial charge on any atom is 0.326 e. The molecule has 0 saturated carbocycles. The summed E-state index contributed by atoms with van der Waals surface area (Å²) in [6, 6.07) is 7.78. The van der Waals surface area contributed by atoms with Crippen LogP contribution < -0.4 is 10.6 Å². The van der Waals surface area contributed by atoms with Gasteiger partial charge in [0, 0.05) is 6.92 Å². The van der Waals surface area contributed by atoms with Crippen molar-refractivity contribution in [3.63, 3.8) is 0 Å². The van der Waals surface area contributed by atoms with Crippen molar-refractivity contribution < 1.29 is 9.59 Å². The number of hydrogen-bond acceptors (Lipinski definition) is 2. The fourth-order valence-electron chi connectivity index (χ4n) is 1.04. The second kappa shape index (κ2) is 3.71. The fourth-order valence-corrected chi connectivity index (χ4v) is 1.04. The number of para-hydroxylation sites is 1. The standard InChI is InChI=1S/C9H10N2O2/c1-7(12)11(9(10)13)8-5-3-2-4-6-8/h2-6H,1H3,(H2,10,13). The Morgan fingerprint density at radius 2 is 1.77 bits per heavy atom. The molecule has 3 amide bonds. The minimum absolute atomic E-state index is 0.390. The molecule has 2 N–H and O–H groups in total. The lowest BCUT2D eigenvalue weighted by Crippen LogP contribution is -2.39. The van der Waals surface area contributed by atoms with Crippen molar-refractivity contribution in [1.82, 2.24) is 0 Å². The molecule has 0 unspecified atom stereocenters. The highest BCUT2D eigenvalue weighted by Gasteiger charge is 2.15. The summed E-state index contributed by atoms with van der Waals surface area (Å²) < 4.78 is 0. The third-order valence-electron chi connectivity index (χ3n) is 1.55. The van der Waals surface area contributed by atoms with E-state index in [1.165, 1.54) is 6.92 Å². The Labute approximate surface area is 75.9 Å². The molecule has 0 atom stereocenters. The number of carbonyl (C=O) groups excluding carboxylic acids is 2. The number of primary amides is 1. The highest BCUT2D eigenvalue weighted by Crippen LogP contribution is 2.12. The Balaban J connectivity index is 3.03. The number of anilines is 1. The van der Waals surface area contributed by atoms with Gasteiger partial charge in [0.15, 0.2) is 0 Å². The predicted molar refractivity (Wildman–Crippen MR) is 49.2 cm³/mol. The third-order valence-corrected chi connectivity index (χ3v) is 1.55. The first-order valence-electron chi connectivity index (χ1n) is 3.78. The zero-order valence-electron chi connectivity index (χ0n) is 7.23. The van der Waals surface area contributed by atoms with Crippen LogP contribution in [0.2, 0.25) is 0 Å². The molecule has 0 bridgehead atoms. The quantitative estimate of drug-likeness (QED) is 0.700. The lowest BCUT2D eigenvalue weighted by molar-refractivity contribution is -0.115. The molecule has 68 valence electrons. The second-order valence-corrected chi connectivity index (χ2v) is 2.53. The van der Waals surface area contributed by atoms with Crippen molar-refractivity contribution in [3.8, 4) is 0 Å². The molecule has 13 heavy (non-hydrogen) atoms. The van der Waals surface area contributed by atoms with Gasteiger partial charge in [-0.2, -0.15) is 0 Å². The predicted octanol–water partition coefficient (Wildman–Crippen LogP) is 1.12. The normalized spacial score (nSPS) is 9.31. The number of urea groups is 1. The average molecular weight is 178 g/mol. The molecule has 0 saturated heterocycles. The number of imide groups is 1. The fraction of sp³-hybridized carbons (Fsp3) is 0.111. The van der Waals surface area contributed by atoms with Gasteiger partial charge >= 0.3 is 6.03 Å². The lowest BCUT2D eigenvalue weighted by Gasteiger charge is -2.15. The largest absolute Gasteiger partial charge is 0.351 e. The Bertz CT molecular complexity index is 308. The van der Waals surface area contributed by atoms with E-state index in [0.29, 0.717) is 5.69 Å². The molecule has 0 aromatic heterocycles. The highest BCUT2D eigenvalue weighted by atomic mass is 16.2. The molecular weight excluding hydrogens is 168 g/mol. The molecule has 0 aliphatic carbocycles. The van der Waals surface area contributed by atoms with E-state index in [0.717, 1.165) is 4.90 Å². The molecule has 1 rings (SSSR count). The van der Waals surface area contributed by atoms with E-state index < -0.39 is 11.9 Å². The summed E-state index contributed by atoms with van der Waals surface area (Å²) in [5.41, 5.74) is 5.52. The van der Waals surface area contributed by atoms with E-state index >= 15 is 0 Å². The van der Waals surface area contributed by atoms with Gasteiger partial charge in [-0.3, -0.25) is 4.79 Å². The maximum atomic E-state index is 11.0. The molecular formula is C9H10N2O2. The van der Waals surface area contributed by atoms with E-state index in [1.807, 2.05) is 0 Å². The first-order chi connectivity index (χ1) is 6.13. The summed E-state index contributed by atoms with van der Waals surface area (Å²) in [7, 11) is 0. The van der Waals surface area contributed by atoms with Crippen molar-refractivity contribution in [1.29, 1.82) is 0 Å². The van der Waals surface area contributed by atoms with E-state index in [1.54, 1.807) is 30.3 Å². The van der Waals surface area contributed by atoms with Gasteiger partial charge in [0.05, 0.1) is 5.69 Å². The molecule has 0 fully saturated rings. The first kappa shape index (κ1) is 9.25. The number of hydrogen-bond donors (Lipinski definition) is 1. The van der Waals surface area contributed by atoms with Crippen LogP contribution in [-0.4, -0.2) is 11.9 Å². The number of carbonyl (C=O) groups is 2. The van der Waals surface area contributed by atoms with Gasteiger partial charge in [0.2, 0.25) is 5.91 Å². The summed E-state index contributed by atoms with van der Waals surface area (Å²) in [6.07, 6.45) is 0. The van der Waals surface area contributed by atoms with Gasteiger partial charge < -0.3 is 5.73 Å². The smallest absolute Gasteiger partial charge is 0.326 e. The summed E-state index contributed by atoms with van der Waals surface area (Å²) in [6.45, 7) is 1.29. The molecule has 1 aromatic rings. The number of nitrogens with two attached hydrogens (primary N) is 1. The SMILES string of the molecule is CC(=O)N(C(N)=O)c1ccccc1. The zero-order valence-corrected chi connectivity index (χ0v) is 7.23. The Morgan fingerprint density at radius 1 is 1.23 bits per heavy atom. The highest BCUT2D eigenvalue weighted by molar-refractivity contribution is 6.12. The van der Waals surface area contributed by atoms with Crippen LogP contribution in [-0.2, 0) is 4.79 Å². The van der Waals surface area contributed by atoms with Crippen LogP contribution in [0, 0.1) is 0 Å².